The van der Waals surface area contributed by atoms with Crippen LogP contribution in [0.15, 0.2) is 33.5 Å². The van der Waals surface area contributed by atoms with Crippen molar-refractivity contribution in [3.05, 3.63) is 51.6 Å². The standard InChI is InChI=1S/C22H26N2O8/c1-13-9-16(25)21(28)22(32-13)15(11-20(27)24-5-7-30-8-6-24)14-3-4-17(29-2)18(10-14)31-12-19(23)26/h3-4,9-10,15,28H,5-8,11-12H2,1-2H3,(H2,23,26)/t15-/m1/s1. The van der Waals surface area contributed by atoms with Gasteiger partial charge < -0.3 is 34.4 Å². The number of hydrogen-bond acceptors (Lipinski definition) is 8. The zero-order valence-electron chi connectivity index (χ0n) is 18.0. The summed E-state index contributed by atoms with van der Waals surface area (Å²) in [6, 6.07) is 6.02. The molecule has 0 radical (unpaired) electrons. The molecule has 2 aromatic rings. The Hall–Kier alpha value is -3.53. The van der Waals surface area contributed by atoms with Gasteiger partial charge in [0.15, 0.2) is 23.9 Å². The molecule has 3 N–H and O–H groups in total. The van der Waals surface area contributed by atoms with E-state index in [0.717, 1.165) is 0 Å². The molecule has 2 heterocycles. The number of hydrogen-bond donors (Lipinski definition) is 2. The summed E-state index contributed by atoms with van der Waals surface area (Å²) in [6.07, 6.45) is -0.0679. The molecule has 0 spiro atoms. The number of rotatable bonds is 8. The quantitative estimate of drug-likeness (QED) is 0.609. The Balaban J connectivity index is 2.04. The van der Waals surface area contributed by atoms with Gasteiger partial charge in [-0.05, 0) is 24.6 Å². The monoisotopic (exact) mass is 446 g/mol. The number of nitrogens with zero attached hydrogens (tertiary/aromatic N) is 1. The van der Waals surface area contributed by atoms with Gasteiger partial charge >= 0.3 is 0 Å². The molecular weight excluding hydrogens is 420 g/mol. The van der Waals surface area contributed by atoms with Crippen LogP contribution >= 0.6 is 0 Å². The van der Waals surface area contributed by atoms with Crippen molar-refractivity contribution in [2.45, 2.75) is 19.3 Å². The van der Waals surface area contributed by atoms with Crippen LogP contribution in [0.1, 0.15) is 29.4 Å². The highest BCUT2D eigenvalue weighted by Gasteiger charge is 2.29. The van der Waals surface area contributed by atoms with E-state index in [1.165, 1.54) is 13.2 Å². The van der Waals surface area contributed by atoms with E-state index in [-0.39, 0.29) is 30.4 Å². The summed E-state index contributed by atoms with van der Waals surface area (Å²) in [7, 11) is 1.44. The molecule has 0 unspecified atom stereocenters. The van der Waals surface area contributed by atoms with Crippen LogP contribution in [0.5, 0.6) is 17.2 Å². The van der Waals surface area contributed by atoms with Gasteiger partial charge in [-0.15, -0.1) is 0 Å². The topological polar surface area (TPSA) is 142 Å². The predicted molar refractivity (Wildman–Crippen MR) is 113 cm³/mol. The van der Waals surface area contributed by atoms with Crippen molar-refractivity contribution >= 4 is 11.8 Å². The highest BCUT2D eigenvalue weighted by Crippen LogP contribution is 2.38. The van der Waals surface area contributed by atoms with Crippen molar-refractivity contribution in [3.63, 3.8) is 0 Å². The fourth-order valence-electron chi connectivity index (χ4n) is 3.51. The number of aryl methyl sites for hydroxylation is 1. The molecule has 0 aliphatic carbocycles. The first-order valence-electron chi connectivity index (χ1n) is 10.1. The average molecular weight is 446 g/mol. The second-order valence-corrected chi connectivity index (χ2v) is 7.35. The SMILES string of the molecule is COc1ccc([C@@H](CC(=O)N2CCOCC2)c2oc(C)cc(=O)c2O)cc1OCC(N)=O. The van der Waals surface area contributed by atoms with Crippen LogP contribution in [0.3, 0.4) is 0 Å². The first-order valence-corrected chi connectivity index (χ1v) is 10.1. The van der Waals surface area contributed by atoms with E-state index >= 15 is 0 Å². The smallest absolute Gasteiger partial charge is 0.255 e. The number of amides is 2. The van der Waals surface area contributed by atoms with Crippen LogP contribution in [0, 0.1) is 6.92 Å². The van der Waals surface area contributed by atoms with Crippen molar-refractivity contribution in [1.82, 2.24) is 4.90 Å². The van der Waals surface area contributed by atoms with E-state index in [4.69, 9.17) is 24.4 Å². The lowest BCUT2D eigenvalue weighted by atomic mass is 9.91. The Kier molecular flexibility index (Phi) is 7.37. The molecule has 3 rings (SSSR count). The normalized spacial score (nSPS) is 14.6. The summed E-state index contributed by atoms with van der Waals surface area (Å²) in [4.78, 5) is 38.1. The summed E-state index contributed by atoms with van der Waals surface area (Å²) in [5.41, 5.74) is 5.09. The Morgan fingerprint density at radius 1 is 1.22 bits per heavy atom. The van der Waals surface area contributed by atoms with Crippen LogP contribution < -0.4 is 20.6 Å². The minimum atomic E-state index is -0.792. The van der Waals surface area contributed by atoms with Gasteiger partial charge in [0, 0.05) is 25.6 Å². The number of morpholine rings is 1. The molecule has 1 fully saturated rings. The molecule has 2 amide bonds. The van der Waals surface area contributed by atoms with Gasteiger partial charge in [-0.1, -0.05) is 6.07 Å². The molecule has 1 aromatic heterocycles. The first kappa shape index (κ1) is 23.1. The summed E-state index contributed by atoms with van der Waals surface area (Å²) in [6.45, 7) is 2.99. The molecule has 10 heteroatoms. The van der Waals surface area contributed by atoms with E-state index in [1.54, 1.807) is 30.0 Å². The zero-order chi connectivity index (χ0) is 23.3. The number of methoxy groups -OCH3 is 1. The van der Waals surface area contributed by atoms with Gasteiger partial charge in [0.25, 0.3) is 5.91 Å². The highest BCUT2D eigenvalue weighted by molar-refractivity contribution is 5.78. The van der Waals surface area contributed by atoms with E-state index in [1.807, 2.05) is 0 Å². The number of nitrogens with two attached hydrogens (primary N) is 1. The Morgan fingerprint density at radius 2 is 1.94 bits per heavy atom. The third kappa shape index (κ3) is 5.38. The molecule has 1 saturated heterocycles. The molecule has 32 heavy (non-hydrogen) atoms. The minimum absolute atomic E-state index is 0.0253. The third-order valence-electron chi connectivity index (χ3n) is 5.09. The molecular formula is C22H26N2O8. The Labute approximate surface area is 184 Å². The van der Waals surface area contributed by atoms with Crippen LogP contribution in [-0.4, -0.2) is 61.8 Å². The Morgan fingerprint density at radius 3 is 2.59 bits per heavy atom. The second kappa shape index (κ2) is 10.2. The number of carbonyl (C=O) groups excluding carboxylic acids is 2. The fourth-order valence-corrected chi connectivity index (χ4v) is 3.51. The highest BCUT2D eigenvalue weighted by atomic mass is 16.5. The largest absolute Gasteiger partial charge is 0.502 e. The van der Waals surface area contributed by atoms with Gasteiger partial charge in [0.05, 0.1) is 26.2 Å². The molecule has 1 atom stereocenters. The number of carbonyl (C=O) groups is 2. The van der Waals surface area contributed by atoms with E-state index in [2.05, 4.69) is 0 Å². The summed E-state index contributed by atoms with van der Waals surface area (Å²) >= 11 is 0. The van der Waals surface area contributed by atoms with Gasteiger partial charge in [0.2, 0.25) is 17.1 Å². The molecule has 1 aliphatic rings. The van der Waals surface area contributed by atoms with Crippen LogP contribution in [-0.2, 0) is 14.3 Å². The van der Waals surface area contributed by atoms with Gasteiger partial charge in [-0.25, -0.2) is 0 Å². The number of ether oxygens (including phenoxy) is 3. The van der Waals surface area contributed by atoms with E-state index in [9.17, 15) is 19.5 Å². The fraction of sp³-hybridized carbons (Fsp3) is 0.409. The lowest BCUT2D eigenvalue weighted by Gasteiger charge is -2.28. The van der Waals surface area contributed by atoms with Crippen LogP contribution in [0.4, 0.5) is 0 Å². The lowest BCUT2D eigenvalue weighted by molar-refractivity contribution is -0.135. The summed E-state index contributed by atoms with van der Waals surface area (Å²) in [5, 5.41) is 10.5. The van der Waals surface area contributed by atoms with Gasteiger partial charge in [0.1, 0.15) is 5.76 Å². The average Bonchev–Trinajstić information content (AvgIpc) is 2.78. The zero-order valence-corrected chi connectivity index (χ0v) is 18.0. The first-order chi connectivity index (χ1) is 15.3. The number of aromatic hydroxyl groups is 1. The van der Waals surface area contributed by atoms with Crippen molar-refractivity contribution in [2.75, 3.05) is 40.0 Å². The number of benzene rings is 1. The second-order valence-electron chi connectivity index (χ2n) is 7.35. The van der Waals surface area contributed by atoms with Crippen LogP contribution in [0.25, 0.3) is 0 Å². The molecule has 1 aliphatic heterocycles. The van der Waals surface area contributed by atoms with Gasteiger partial charge in [-0.3, -0.25) is 14.4 Å². The molecule has 0 saturated carbocycles. The Bertz CT molecular complexity index is 1040. The maximum Gasteiger partial charge on any atom is 0.255 e. The third-order valence-corrected chi connectivity index (χ3v) is 5.09. The van der Waals surface area contributed by atoms with Crippen molar-refractivity contribution in [1.29, 1.82) is 0 Å². The maximum absolute atomic E-state index is 13.0. The molecule has 172 valence electrons. The number of primary amides is 1. The molecule has 10 nitrogen and oxygen atoms in total. The minimum Gasteiger partial charge on any atom is -0.502 e. The maximum atomic E-state index is 13.0. The lowest BCUT2D eigenvalue weighted by Crippen LogP contribution is -2.41. The van der Waals surface area contributed by atoms with Crippen molar-refractivity contribution < 1.29 is 33.3 Å². The summed E-state index contributed by atoms with van der Waals surface area (Å²) in [5.74, 6) is -1.36. The summed E-state index contributed by atoms with van der Waals surface area (Å²) < 4.78 is 21.7. The van der Waals surface area contributed by atoms with Crippen molar-refractivity contribution in [3.8, 4) is 17.2 Å². The molecule has 0 bridgehead atoms. The predicted octanol–water partition coefficient (Wildman–Crippen LogP) is 0.907. The van der Waals surface area contributed by atoms with Gasteiger partial charge in [-0.2, -0.15) is 0 Å². The van der Waals surface area contributed by atoms with Crippen LogP contribution in [0.2, 0.25) is 0 Å². The van der Waals surface area contributed by atoms with Crippen molar-refractivity contribution in [2.24, 2.45) is 5.73 Å². The van der Waals surface area contributed by atoms with E-state index in [0.29, 0.717) is 43.4 Å². The molecule has 1 aromatic carbocycles. The van der Waals surface area contributed by atoms with E-state index < -0.39 is 23.0 Å².